The number of amides is 1. The Morgan fingerprint density at radius 3 is 2.50 bits per heavy atom. The number of anilines is 1. The van der Waals surface area contributed by atoms with Crippen LogP contribution in [0.2, 0.25) is 0 Å². The van der Waals surface area contributed by atoms with Crippen LogP contribution in [0.25, 0.3) is 0 Å². The van der Waals surface area contributed by atoms with E-state index in [-0.39, 0.29) is 10.8 Å². The van der Waals surface area contributed by atoms with E-state index < -0.39 is 10.0 Å². The Morgan fingerprint density at radius 1 is 1.04 bits per heavy atom. The zero-order chi connectivity index (χ0) is 16.9. The van der Waals surface area contributed by atoms with E-state index in [1.807, 2.05) is 7.05 Å². The van der Waals surface area contributed by atoms with E-state index in [1.54, 1.807) is 22.0 Å². The molecular formula is C16H22N4O3S. The van der Waals surface area contributed by atoms with Gasteiger partial charge in [0.15, 0.2) is 0 Å². The number of sulfonamides is 1. The van der Waals surface area contributed by atoms with Crippen LogP contribution in [0.15, 0.2) is 17.0 Å². The van der Waals surface area contributed by atoms with Crippen molar-refractivity contribution in [3.63, 3.8) is 0 Å². The first-order valence-corrected chi connectivity index (χ1v) is 9.84. The van der Waals surface area contributed by atoms with Gasteiger partial charge < -0.3 is 9.80 Å². The van der Waals surface area contributed by atoms with Gasteiger partial charge in [-0.15, -0.1) is 4.83 Å². The SMILES string of the molecule is CN1CCN(NS(=O)(=O)c2cc3c4c(c2)CC(=O)N4CCC3)CC1. The number of rotatable bonds is 3. The second-order valence-corrected chi connectivity index (χ2v) is 8.46. The summed E-state index contributed by atoms with van der Waals surface area (Å²) in [7, 11) is -1.59. The molecule has 0 unspecified atom stereocenters. The van der Waals surface area contributed by atoms with Gasteiger partial charge in [-0.1, -0.05) is 0 Å². The largest absolute Gasteiger partial charge is 0.312 e. The minimum Gasteiger partial charge on any atom is -0.312 e. The summed E-state index contributed by atoms with van der Waals surface area (Å²) >= 11 is 0. The van der Waals surface area contributed by atoms with Crippen LogP contribution < -0.4 is 9.73 Å². The maximum atomic E-state index is 12.8. The first-order valence-electron chi connectivity index (χ1n) is 8.36. The summed E-state index contributed by atoms with van der Waals surface area (Å²) in [6, 6.07) is 3.41. The molecule has 3 aliphatic rings. The molecule has 7 nitrogen and oxygen atoms in total. The third-order valence-electron chi connectivity index (χ3n) is 5.04. The molecule has 3 aliphatic heterocycles. The molecule has 3 heterocycles. The molecule has 0 saturated carbocycles. The molecule has 0 bridgehead atoms. The van der Waals surface area contributed by atoms with Gasteiger partial charge in [0.1, 0.15) is 0 Å². The maximum absolute atomic E-state index is 12.8. The molecule has 0 radical (unpaired) electrons. The summed E-state index contributed by atoms with van der Waals surface area (Å²) in [6.07, 6.45) is 2.01. The van der Waals surface area contributed by atoms with Gasteiger partial charge in [0, 0.05) is 32.7 Å². The lowest BCUT2D eigenvalue weighted by atomic mass is 10.0. The Morgan fingerprint density at radius 2 is 1.75 bits per heavy atom. The Kier molecular flexibility index (Phi) is 3.87. The third-order valence-corrected chi connectivity index (χ3v) is 6.40. The van der Waals surface area contributed by atoms with Crippen molar-refractivity contribution < 1.29 is 13.2 Å². The molecule has 0 spiro atoms. The van der Waals surface area contributed by atoms with E-state index in [9.17, 15) is 13.2 Å². The molecule has 0 aliphatic carbocycles. The summed E-state index contributed by atoms with van der Waals surface area (Å²) in [6.45, 7) is 3.74. The average molecular weight is 350 g/mol. The number of benzene rings is 1. The van der Waals surface area contributed by atoms with Crippen molar-refractivity contribution in [2.75, 3.05) is 44.7 Å². The molecule has 4 rings (SSSR count). The number of hydrazine groups is 1. The van der Waals surface area contributed by atoms with Crippen molar-refractivity contribution in [3.8, 4) is 0 Å². The zero-order valence-electron chi connectivity index (χ0n) is 13.8. The Balaban J connectivity index is 1.63. The van der Waals surface area contributed by atoms with Gasteiger partial charge in [-0.3, -0.25) is 4.79 Å². The van der Waals surface area contributed by atoms with E-state index in [0.717, 1.165) is 49.3 Å². The molecule has 8 heteroatoms. The van der Waals surface area contributed by atoms with Crippen LogP contribution in [0.4, 0.5) is 5.69 Å². The number of hydrogen-bond acceptors (Lipinski definition) is 5. The summed E-state index contributed by atoms with van der Waals surface area (Å²) < 4.78 is 25.5. The van der Waals surface area contributed by atoms with Crippen LogP contribution in [0.5, 0.6) is 0 Å². The molecule has 0 atom stereocenters. The van der Waals surface area contributed by atoms with Crippen molar-refractivity contribution in [2.24, 2.45) is 0 Å². The Labute approximate surface area is 142 Å². The molecule has 24 heavy (non-hydrogen) atoms. The number of carbonyl (C=O) groups excluding carboxylic acids is 1. The number of nitrogens with zero attached hydrogens (tertiary/aromatic N) is 3. The van der Waals surface area contributed by atoms with E-state index in [2.05, 4.69) is 9.73 Å². The molecular weight excluding hydrogens is 328 g/mol. The maximum Gasteiger partial charge on any atom is 0.253 e. The molecule has 1 N–H and O–H groups in total. The highest BCUT2D eigenvalue weighted by atomic mass is 32.2. The number of carbonyl (C=O) groups is 1. The predicted octanol–water partition coefficient (Wildman–Crippen LogP) is -0.0374. The molecule has 1 fully saturated rings. The van der Waals surface area contributed by atoms with Gasteiger partial charge in [0.2, 0.25) is 5.91 Å². The van der Waals surface area contributed by atoms with Crippen molar-refractivity contribution in [1.82, 2.24) is 14.7 Å². The highest BCUT2D eigenvalue weighted by molar-refractivity contribution is 7.89. The smallest absolute Gasteiger partial charge is 0.253 e. The van der Waals surface area contributed by atoms with Crippen LogP contribution in [-0.4, -0.2) is 64.0 Å². The molecule has 1 aromatic carbocycles. The van der Waals surface area contributed by atoms with Gasteiger partial charge in [-0.2, -0.15) is 0 Å². The Hall–Kier alpha value is -1.48. The third kappa shape index (κ3) is 2.73. The van der Waals surface area contributed by atoms with Gasteiger partial charge >= 0.3 is 0 Å². The lowest BCUT2D eigenvalue weighted by Crippen LogP contribution is -2.52. The van der Waals surface area contributed by atoms with E-state index >= 15 is 0 Å². The van der Waals surface area contributed by atoms with E-state index in [0.29, 0.717) is 19.5 Å². The number of aryl methyl sites for hydroxylation is 1. The predicted molar refractivity (Wildman–Crippen MR) is 90.2 cm³/mol. The average Bonchev–Trinajstić information content (AvgIpc) is 2.87. The highest BCUT2D eigenvalue weighted by Gasteiger charge is 2.34. The zero-order valence-corrected chi connectivity index (χ0v) is 14.6. The lowest BCUT2D eigenvalue weighted by Gasteiger charge is -2.32. The lowest BCUT2D eigenvalue weighted by molar-refractivity contribution is -0.117. The van der Waals surface area contributed by atoms with E-state index in [4.69, 9.17) is 0 Å². The first kappa shape index (κ1) is 16.0. The normalized spacial score (nSPS) is 22.0. The molecule has 1 aromatic rings. The Bertz CT molecular complexity index is 785. The summed E-state index contributed by atoms with van der Waals surface area (Å²) in [5, 5.41) is 1.76. The topological polar surface area (TPSA) is 73.0 Å². The summed E-state index contributed by atoms with van der Waals surface area (Å²) in [5.74, 6) is 0.0764. The number of likely N-dealkylation sites (N-methyl/N-ethyl adjacent to an activating group) is 1. The minimum atomic E-state index is -3.61. The van der Waals surface area contributed by atoms with Gasteiger partial charge in [-0.05, 0) is 43.1 Å². The van der Waals surface area contributed by atoms with Crippen LogP contribution in [0, 0.1) is 0 Å². The fourth-order valence-electron chi connectivity index (χ4n) is 3.72. The number of hydrogen-bond donors (Lipinski definition) is 1. The van der Waals surface area contributed by atoms with Gasteiger partial charge in [-0.25, -0.2) is 13.4 Å². The molecule has 1 amide bonds. The summed E-state index contributed by atoms with van der Waals surface area (Å²) in [5.41, 5.74) is 2.77. The standard InChI is InChI=1S/C16H22N4O3S/c1-18-5-7-19(8-6-18)17-24(22,23)14-9-12-3-2-4-20-15(21)11-13(10-14)16(12)20/h9-10,17H,2-8,11H2,1H3. The summed E-state index contributed by atoms with van der Waals surface area (Å²) in [4.78, 5) is 19.0. The number of nitrogens with one attached hydrogen (secondary N) is 1. The molecule has 130 valence electrons. The quantitative estimate of drug-likeness (QED) is 0.828. The second kappa shape index (κ2) is 5.80. The fraction of sp³-hybridized carbons (Fsp3) is 0.562. The number of piperazine rings is 1. The monoisotopic (exact) mass is 350 g/mol. The highest BCUT2D eigenvalue weighted by Crippen LogP contribution is 2.38. The van der Waals surface area contributed by atoms with Crippen LogP contribution >= 0.6 is 0 Å². The van der Waals surface area contributed by atoms with Crippen LogP contribution in [0.1, 0.15) is 17.5 Å². The van der Waals surface area contributed by atoms with Crippen LogP contribution in [0.3, 0.4) is 0 Å². The molecule has 1 saturated heterocycles. The van der Waals surface area contributed by atoms with Crippen molar-refractivity contribution in [1.29, 1.82) is 0 Å². The van der Waals surface area contributed by atoms with Crippen molar-refractivity contribution in [3.05, 3.63) is 23.3 Å². The second-order valence-electron chi connectivity index (χ2n) is 6.80. The minimum absolute atomic E-state index is 0.0764. The molecule has 0 aromatic heterocycles. The first-order chi connectivity index (χ1) is 11.4. The van der Waals surface area contributed by atoms with Crippen molar-refractivity contribution in [2.45, 2.75) is 24.2 Å². The van der Waals surface area contributed by atoms with E-state index in [1.165, 1.54) is 0 Å². The van der Waals surface area contributed by atoms with Gasteiger partial charge in [0.05, 0.1) is 17.0 Å². The van der Waals surface area contributed by atoms with Crippen LogP contribution in [-0.2, 0) is 27.7 Å². The van der Waals surface area contributed by atoms with Gasteiger partial charge in [0.25, 0.3) is 10.0 Å². The fourth-order valence-corrected chi connectivity index (χ4v) is 4.95. The van der Waals surface area contributed by atoms with Crippen molar-refractivity contribution >= 4 is 21.6 Å².